The van der Waals surface area contributed by atoms with E-state index in [1.165, 1.54) is 0 Å². The second kappa shape index (κ2) is 6.50. The molecule has 1 N–H and O–H groups in total. The first-order chi connectivity index (χ1) is 8.72. The van der Waals surface area contributed by atoms with Crippen molar-refractivity contribution in [3.63, 3.8) is 0 Å². The van der Waals surface area contributed by atoms with Crippen molar-refractivity contribution in [2.45, 2.75) is 12.5 Å². The molecular formula is C13H14Cl2N2S. The highest BCUT2D eigenvalue weighted by Crippen LogP contribution is 2.32. The number of nitrogens with zero attached hydrogens (tertiary/aromatic N) is 1. The largest absolute Gasteiger partial charge is 0.358 e. The SMILES string of the molecule is C=CCC(NC1=NCCS1)c1cccc(Cl)c1Cl. The van der Waals surface area contributed by atoms with Crippen LogP contribution in [-0.4, -0.2) is 17.5 Å². The molecule has 18 heavy (non-hydrogen) atoms. The molecule has 0 bridgehead atoms. The number of thioether (sulfide) groups is 1. The van der Waals surface area contributed by atoms with Gasteiger partial charge in [-0.1, -0.05) is 53.2 Å². The summed E-state index contributed by atoms with van der Waals surface area (Å²) < 4.78 is 0. The van der Waals surface area contributed by atoms with Crippen LogP contribution in [0.3, 0.4) is 0 Å². The maximum absolute atomic E-state index is 6.26. The van der Waals surface area contributed by atoms with Gasteiger partial charge in [0.05, 0.1) is 22.6 Å². The fraction of sp³-hybridized carbons (Fsp3) is 0.308. The lowest BCUT2D eigenvalue weighted by Gasteiger charge is -2.20. The van der Waals surface area contributed by atoms with Gasteiger partial charge in [-0.3, -0.25) is 4.99 Å². The summed E-state index contributed by atoms with van der Waals surface area (Å²) in [6.07, 6.45) is 2.65. The zero-order valence-electron chi connectivity index (χ0n) is 9.83. The monoisotopic (exact) mass is 300 g/mol. The van der Waals surface area contributed by atoms with Gasteiger partial charge in [0.2, 0.25) is 0 Å². The van der Waals surface area contributed by atoms with Crippen LogP contribution in [0.1, 0.15) is 18.0 Å². The van der Waals surface area contributed by atoms with Gasteiger partial charge in [-0.15, -0.1) is 6.58 Å². The molecule has 2 nitrogen and oxygen atoms in total. The van der Waals surface area contributed by atoms with Crippen molar-refractivity contribution in [1.29, 1.82) is 0 Å². The summed E-state index contributed by atoms with van der Waals surface area (Å²) >= 11 is 14.0. The lowest BCUT2D eigenvalue weighted by Crippen LogP contribution is -2.25. The van der Waals surface area contributed by atoms with E-state index in [1.54, 1.807) is 17.8 Å². The van der Waals surface area contributed by atoms with Crippen LogP contribution in [0.5, 0.6) is 0 Å². The first kappa shape index (κ1) is 13.8. The Morgan fingerprint density at radius 3 is 3.00 bits per heavy atom. The molecule has 96 valence electrons. The Morgan fingerprint density at radius 1 is 1.50 bits per heavy atom. The van der Waals surface area contributed by atoms with E-state index in [4.69, 9.17) is 23.2 Å². The minimum absolute atomic E-state index is 0.0676. The van der Waals surface area contributed by atoms with Crippen LogP contribution >= 0.6 is 35.0 Å². The van der Waals surface area contributed by atoms with E-state index in [2.05, 4.69) is 16.9 Å². The molecule has 0 radical (unpaired) electrons. The Morgan fingerprint density at radius 2 is 2.33 bits per heavy atom. The van der Waals surface area contributed by atoms with Crippen molar-refractivity contribution in [2.24, 2.45) is 4.99 Å². The number of nitrogens with one attached hydrogen (secondary N) is 1. The van der Waals surface area contributed by atoms with Crippen LogP contribution in [0, 0.1) is 0 Å². The molecule has 0 aromatic heterocycles. The normalized spacial score (nSPS) is 16.2. The van der Waals surface area contributed by atoms with Crippen LogP contribution < -0.4 is 5.32 Å². The Balaban J connectivity index is 2.23. The molecule has 0 aliphatic carbocycles. The van der Waals surface area contributed by atoms with E-state index in [-0.39, 0.29) is 6.04 Å². The zero-order valence-corrected chi connectivity index (χ0v) is 12.2. The molecule has 1 unspecified atom stereocenters. The first-order valence-corrected chi connectivity index (χ1v) is 7.45. The Bertz CT molecular complexity index is 474. The number of benzene rings is 1. The Labute approximate surface area is 121 Å². The van der Waals surface area contributed by atoms with E-state index in [1.807, 2.05) is 18.2 Å². The van der Waals surface area contributed by atoms with Gasteiger partial charge in [0.15, 0.2) is 5.17 Å². The van der Waals surface area contributed by atoms with Crippen molar-refractivity contribution in [3.8, 4) is 0 Å². The fourth-order valence-electron chi connectivity index (χ4n) is 1.79. The van der Waals surface area contributed by atoms with Gasteiger partial charge in [0.25, 0.3) is 0 Å². The Kier molecular flexibility index (Phi) is 4.98. The van der Waals surface area contributed by atoms with Gasteiger partial charge in [0, 0.05) is 5.75 Å². The minimum Gasteiger partial charge on any atom is -0.358 e. The zero-order chi connectivity index (χ0) is 13.0. The van der Waals surface area contributed by atoms with Crippen molar-refractivity contribution in [3.05, 3.63) is 46.5 Å². The summed E-state index contributed by atoms with van der Waals surface area (Å²) in [6.45, 7) is 4.66. The molecule has 0 amide bonds. The van der Waals surface area contributed by atoms with Gasteiger partial charge in [-0.25, -0.2) is 0 Å². The predicted octanol–water partition coefficient (Wildman–Crippen LogP) is 4.30. The number of hydrogen-bond donors (Lipinski definition) is 1. The number of hydrogen-bond acceptors (Lipinski definition) is 3. The highest BCUT2D eigenvalue weighted by Gasteiger charge is 2.18. The van der Waals surface area contributed by atoms with Crippen LogP contribution in [0.25, 0.3) is 0 Å². The number of amidine groups is 1. The van der Waals surface area contributed by atoms with Gasteiger partial charge < -0.3 is 5.32 Å². The van der Waals surface area contributed by atoms with E-state index in [0.717, 1.165) is 29.4 Å². The van der Waals surface area contributed by atoms with Gasteiger partial charge in [-0.05, 0) is 18.1 Å². The Hall–Kier alpha value is -0.640. The van der Waals surface area contributed by atoms with Crippen molar-refractivity contribution < 1.29 is 0 Å². The van der Waals surface area contributed by atoms with E-state index < -0.39 is 0 Å². The molecular weight excluding hydrogens is 287 g/mol. The lowest BCUT2D eigenvalue weighted by molar-refractivity contribution is 0.663. The van der Waals surface area contributed by atoms with Crippen LogP contribution in [0.4, 0.5) is 0 Å². The third-order valence-corrected chi connectivity index (χ3v) is 4.38. The summed E-state index contributed by atoms with van der Waals surface area (Å²) in [5.41, 5.74) is 0.985. The average molecular weight is 301 g/mol. The summed E-state index contributed by atoms with van der Waals surface area (Å²) in [5.74, 6) is 1.03. The molecule has 2 rings (SSSR count). The number of rotatable bonds is 4. The number of halogens is 2. The molecule has 5 heteroatoms. The highest BCUT2D eigenvalue weighted by atomic mass is 35.5. The lowest BCUT2D eigenvalue weighted by atomic mass is 10.0. The smallest absolute Gasteiger partial charge is 0.157 e. The van der Waals surface area contributed by atoms with Crippen LogP contribution in [0.2, 0.25) is 10.0 Å². The molecule has 1 aliphatic heterocycles. The summed E-state index contributed by atoms with van der Waals surface area (Å²) in [5, 5.41) is 5.54. The van der Waals surface area contributed by atoms with E-state index >= 15 is 0 Å². The molecule has 1 aromatic carbocycles. The molecule has 0 spiro atoms. The summed E-state index contributed by atoms with van der Waals surface area (Å²) in [7, 11) is 0. The first-order valence-electron chi connectivity index (χ1n) is 5.71. The second-order valence-corrected chi connectivity index (χ2v) is 5.77. The quantitative estimate of drug-likeness (QED) is 0.838. The summed E-state index contributed by atoms with van der Waals surface area (Å²) in [6, 6.07) is 5.75. The predicted molar refractivity (Wildman–Crippen MR) is 81.9 cm³/mol. The van der Waals surface area contributed by atoms with E-state index in [0.29, 0.717) is 10.0 Å². The molecule has 1 aliphatic rings. The van der Waals surface area contributed by atoms with Crippen molar-refractivity contribution >= 4 is 40.1 Å². The van der Waals surface area contributed by atoms with E-state index in [9.17, 15) is 0 Å². The third kappa shape index (κ3) is 3.22. The van der Waals surface area contributed by atoms with Crippen molar-refractivity contribution in [1.82, 2.24) is 5.32 Å². The molecule has 1 heterocycles. The van der Waals surface area contributed by atoms with Gasteiger partial charge in [-0.2, -0.15) is 0 Å². The molecule has 1 aromatic rings. The van der Waals surface area contributed by atoms with Crippen LogP contribution in [0.15, 0.2) is 35.8 Å². The number of aliphatic imine (C=N–C) groups is 1. The molecule has 0 saturated carbocycles. The van der Waals surface area contributed by atoms with Crippen LogP contribution in [-0.2, 0) is 0 Å². The van der Waals surface area contributed by atoms with Gasteiger partial charge in [0.1, 0.15) is 0 Å². The molecule has 0 saturated heterocycles. The van der Waals surface area contributed by atoms with Gasteiger partial charge >= 0.3 is 0 Å². The maximum Gasteiger partial charge on any atom is 0.157 e. The summed E-state index contributed by atoms with van der Waals surface area (Å²) in [4.78, 5) is 4.39. The second-order valence-electron chi connectivity index (χ2n) is 3.90. The molecule has 0 fully saturated rings. The molecule has 1 atom stereocenters. The minimum atomic E-state index is 0.0676. The standard InChI is InChI=1S/C13H14Cl2N2S/c1-2-4-11(17-13-16-7-8-18-13)9-5-3-6-10(14)12(9)15/h2-3,5-6,11H,1,4,7-8H2,(H,16,17). The average Bonchev–Trinajstić information content (AvgIpc) is 2.85. The fourth-order valence-corrected chi connectivity index (χ4v) is 3.02. The maximum atomic E-state index is 6.26. The third-order valence-electron chi connectivity index (χ3n) is 2.64. The topological polar surface area (TPSA) is 24.4 Å². The van der Waals surface area contributed by atoms with Crippen molar-refractivity contribution in [2.75, 3.05) is 12.3 Å². The highest BCUT2D eigenvalue weighted by molar-refractivity contribution is 8.14.